The minimum absolute atomic E-state index is 0.0432. The van der Waals surface area contributed by atoms with E-state index >= 15 is 0 Å². The highest BCUT2D eigenvalue weighted by atomic mass is 35.5. The summed E-state index contributed by atoms with van der Waals surface area (Å²) in [4.78, 5) is 13.6. The molecular weight excluding hydrogens is 495 g/mol. The number of aliphatic hydroxyl groups is 1. The van der Waals surface area contributed by atoms with Crippen LogP contribution in [0.2, 0.25) is 10.0 Å². The molecule has 1 spiro atoms. The van der Waals surface area contributed by atoms with E-state index in [9.17, 15) is 9.90 Å². The molecule has 7 heteroatoms. The van der Waals surface area contributed by atoms with Crippen molar-refractivity contribution in [1.82, 2.24) is 10.2 Å². The summed E-state index contributed by atoms with van der Waals surface area (Å²) in [5, 5.41) is 15.5. The molecule has 1 saturated heterocycles. The lowest BCUT2D eigenvalue weighted by atomic mass is 9.49. The molecule has 0 radical (unpaired) electrons. The zero-order valence-electron chi connectivity index (χ0n) is 20.7. The molecule has 7 rings (SSSR count). The summed E-state index contributed by atoms with van der Waals surface area (Å²) in [5.74, 6) is 1.92. The first-order valence-electron chi connectivity index (χ1n) is 13.3. The molecule has 2 N–H and O–H groups in total. The number of likely N-dealkylation sites (N-methyl/N-ethyl adjacent to an activating group) is 1. The molecule has 5 nitrogen and oxygen atoms in total. The molecule has 2 heterocycles. The molecule has 3 fully saturated rings. The fourth-order valence-corrected chi connectivity index (χ4v) is 7.69. The van der Waals surface area contributed by atoms with Crippen molar-refractivity contribution < 1.29 is 14.6 Å². The van der Waals surface area contributed by atoms with Gasteiger partial charge in [-0.1, -0.05) is 41.4 Å². The zero-order valence-corrected chi connectivity index (χ0v) is 22.2. The summed E-state index contributed by atoms with van der Waals surface area (Å²) < 4.78 is 6.39. The third-order valence-corrected chi connectivity index (χ3v) is 9.93. The number of ether oxygens (including phenoxy) is 1. The average molecular weight is 530 g/mol. The lowest BCUT2D eigenvalue weighted by molar-refractivity contribution is -0.185. The van der Waals surface area contributed by atoms with Gasteiger partial charge in [-0.15, -0.1) is 0 Å². The Kier molecular flexibility index (Phi) is 6.27. The van der Waals surface area contributed by atoms with Gasteiger partial charge in [-0.05, 0) is 86.7 Å². The third-order valence-electron chi connectivity index (χ3n) is 9.19. The second kappa shape index (κ2) is 9.20. The number of hydrogen-bond acceptors (Lipinski definition) is 4. The standard InChI is InChI=1S/C20H25NO2.C9H9Cl2NO/c22-20-8-2-5-17-19(20)9-10-21(12-13-6-7-13)16(20)11-14-3-1-4-15(23-17)18(14)19;1-12-9(13)5-6-2-3-7(10)8(11)4-6/h1,3-4,13,16-17,22H,2,5-12H2;2-4H,5H2,1H3,(H,12,13)/t16-,17+,19-,20-;/m1./s1. The molecule has 2 aromatic rings. The summed E-state index contributed by atoms with van der Waals surface area (Å²) in [7, 11) is 1.60. The molecule has 4 atom stereocenters. The van der Waals surface area contributed by atoms with Crippen molar-refractivity contribution in [3.05, 3.63) is 63.1 Å². The van der Waals surface area contributed by atoms with Crippen LogP contribution in [0.25, 0.3) is 0 Å². The third kappa shape index (κ3) is 3.86. The topological polar surface area (TPSA) is 61.8 Å². The van der Waals surface area contributed by atoms with Crippen LogP contribution in [-0.2, 0) is 23.1 Å². The molecule has 2 aliphatic heterocycles. The molecule has 2 aromatic carbocycles. The van der Waals surface area contributed by atoms with Crippen molar-refractivity contribution in [2.24, 2.45) is 5.92 Å². The van der Waals surface area contributed by atoms with Crippen molar-refractivity contribution in [2.75, 3.05) is 20.1 Å². The Morgan fingerprint density at radius 2 is 2.00 bits per heavy atom. The quantitative estimate of drug-likeness (QED) is 0.590. The fourth-order valence-electron chi connectivity index (χ4n) is 7.37. The second-order valence-corrected chi connectivity index (χ2v) is 12.0. The zero-order chi connectivity index (χ0) is 25.1. The minimum Gasteiger partial charge on any atom is -0.489 e. The maximum atomic E-state index is 12.0. The van der Waals surface area contributed by atoms with Crippen LogP contribution in [0.15, 0.2) is 36.4 Å². The lowest BCUT2D eigenvalue weighted by Crippen LogP contribution is -2.75. The molecule has 0 aromatic heterocycles. The molecule has 3 aliphatic carbocycles. The monoisotopic (exact) mass is 528 g/mol. The number of benzene rings is 2. The fraction of sp³-hybridized carbons (Fsp3) is 0.552. The number of likely N-dealkylation sites (tertiary alicyclic amines) is 1. The number of nitrogens with zero attached hydrogens (tertiary/aromatic N) is 1. The van der Waals surface area contributed by atoms with E-state index < -0.39 is 5.60 Å². The van der Waals surface area contributed by atoms with Gasteiger partial charge in [0.2, 0.25) is 5.91 Å². The van der Waals surface area contributed by atoms with E-state index in [1.807, 2.05) is 0 Å². The first-order chi connectivity index (χ1) is 17.4. The maximum absolute atomic E-state index is 12.0. The van der Waals surface area contributed by atoms with Crippen LogP contribution in [0.4, 0.5) is 0 Å². The predicted molar refractivity (Wildman–Crippen MR) is 142 cm³/mol. The molecule has 2 bridgehead atoms. The van der Waals surface area contributed by atoms with Crippen LogP contribution >= 0.6 is 23.2 Å². The number of piperidine rings is 1. The Morgan fingerprint density at radius 3 is 2.75 bits per heavy atom. The van der Waals surface area contributed by atoms with Crippen LogP contribution < -0.4 is 10.1 Å². The van der Waals surface area contributed by atoms with Gasteiger partial charge < -0.3 is 15.2 Å². The lowest BCUT2D eigenvalue weighted by Gasteiger charge is -2.63. The SMILES string of the molecule is CNC(=O)Cc1ccc(Cl)c(Cl)c1.O[C@@]12CCC[C@@H]3Oc4cccc5c4[C@@]31CCN(CC1CC1)[C@@H]2C5. The van der Waals surface area contributed by atoms with Crippen molar-refractivity contribution in [3.8, 4) is 5.75 Å². The Bertz CT molecular complexity index is 1190. The van der Waals surface area contributed by atoms with Gasteiger partial charge in [-0.3, -0.25) is 9.69 Å². The van der Waals surface area contributed by atoms with Gasteiger partial charge in [0.25, 0.3) is 0 Å². The van der Waals surface area contributed by atoms with Crippen LogP contribution in [0.5, 0.6) is 5.75 Å². The maximum Gasteiger partial charge on any atom is 0.224 e. The normalized spacial score (nSPS) is 31.6. The number of carbonyl (C=O) groups is 1. The van der Waals surface area contributed by atoms with Crippen molar-refractivity contribution >= 4 is 29.1 Å². The molecule has 5 aliphatic rings. The van der Waals surface area contributed by atoms with Gasteiger partial charge in [0, 0.05) is 25.2 Å². The van der Waals surface area contributed by atoms with E-state index in [4.69, 9.17) is 27.9 Å². The summed E-state index contributed by atoms with van der Waals surface area (Å²) in [6, 6.07) is 12.0. The Morgan fingerprint density at radius 1 is 1.17 bits per heavy atom. The summed E-state index contributed by atoms with van der Waals surface area (Å²) in [6.07, 6.45) is 8.53. The molecule has 36 heavy (non-hydrogen) atoms. The van der Waals surface area contributed by atoms with Crippen molar-refractivity contribution in [1.29, 1.82) is 0 Å². The van der Waals surface area contributed by atoms with E-state index in [1.165, 1.54) is 30.5 Å². The highest BCUT2D eigenvalue weighted by Crippen LogP contribution is 2.64. The van der Waals surface area contributed by atoms with E-state index in [1.54, 1.807) is 25.2 Å². The minimum atomic E-state index is -0.581. The number of halogens is 2. The van der Waals surface area contributed by atoms with Crippen molar-refractivity contribution in [3.63, 3.8) is 0 Å². The number of hydrogen-bond donors (Lipinski definition) is 2. The van der Waals surface area contributed by atoms with Crippen LogP contribution in [0, 0.1) is 5.92 Å². The van der Waals surface area contributed by atoms with Gasteiger partial charge in [0.1, 0.15) is 11.9 Å². The summed E-state index contributed by atoms with van der Waals surface area (Å²) in [5.41, 5.74) is 2.98. The second-order valence-electron chi connectivity index (χ2n) is 11.2. The van der Waals surface area contributed by atoms with Crippen molar-refractivity contribution in [2.45, 2.75) is 74.5 Å². The summed E-state index contributed by atoms with van der Waals surface area (Å²) >= 11 is 11.5. The highest BCUT2D eigenvalue weighted by Gasteiger charge is 2.70. The smallest absolute Gasteiger partial charge is 0.224 e. The van der Waals surface area contributed by atoms with E-state index in [0.717, 1.165) is 55.9 Å². The van der Waals surface area contributed by atoms with E-state index in [0.29, 0.717) is 22.5 Å². The summed E-state index contributed by atoms with van der Waals surface area (Å²) in [6.45, 7) is 2.33. The Labute approximate surface area is 223 Å². The number of carbonyl (C=O) groups excluding carboxylic acids is 1. The van der Waals surface area contributed by atoms with Gasteiger partial charge in [0.05, 0.1) is 27.5 Å². The number of nitrogens with one attached hydrogen (secondary N) is 1. The molecular formula is C29H34Cl2N2O3. The Hall–Kier alpha value is -1.79. The molecule has 0 unspecified atom stereocenters. The van der Waals surface area contributed by atoms with Gasteiger partial charge in [-0.25, -0.2) is 0 Å². The number of rotatable bonds is 4. The Balaban J connectivity index is 0.000000159. The first kappa shape index (κ1) is 24.5. The number of amides is 1. The van der Waals surface area contributed by atoms with Crippen LogP contribution in [0.3, 0.4) is 0 Å². The van der Waals surface area contributed by atoms with E-state index in [-0.39, 0.29) is 17.4 Å². The largest absolute Gasteiger partial charge is 0.489 e. The first-order valence-corrected chi connectivity index (χ1v) is 14.0. The molecule has 2 saturated carbocycles. The highest BCUT2D eigenvalue weighted by molar-refractivity contribution is 6.42. The average Bonchev–Trinajstić information content (AvgIpc) is 3.61. The van der Waals surface area contributed by atoms with Crippen LogP contribution in [-0.4, -0.2) is 53.8 Å². The molecule has 1 amide bonds. The molecule has 192 valence electrons. The van der Waals surface area contributed by atoms with Crippen LogP contribution in [0.1, 0.15) is 55.2 Å². The van der Waals surface area contributed by atoms with Gasteiger partial charge >= 0.3 is 0 Å². The van der Waals surface area contributed by atoms with E-state index in [2.05, 4.69) is 28.4 Å². The predicted octanol–water partition coefficient (Wildman–Crippen LogP) is 4.92. The van der Waals surface area contributed by atoms with Gasteiger partial charge in [0.15, 0.2) is 0 Å². The van der Waals surface area contributed by atoms with Gasteiger partial charge in [-0.2, -0.15) is 0 Å².